The summed E-state index contributed by atoms with van der Waals surface area (Å²) in [5.74, 6) is 1.06. The molecule has 2 fully saturated rings. The SMILES string of the molecule is CCC1(C2CCCCC2)CCNCC1. The van der Waals surface area contributed by atoms with Crippen molar-refractivity contribution in [2.24, 2.45) is 11.3 Å². The molecule has 0 bridgehead atoms. The Balaban J connectivity index is 2.01. The third kappa shape index (κ3) is 1.98. The topological polar surface area (TPSA) is 12.0 Å². The van der Waals surface area contributed by atoms with Gasteiger partial charge in [0.1, 0.15) is 0 Å². The van der Waals surface area contributed by atoms with Crippen molar-refractivity contribution in [3.8, 4) is 0 Å². The van der Waals surface area contributed by atoms with E-state index in [-0.39, 0.29) is 0 Å². The highest BCUT2D eigenvalue weighted by molar-refractivity contribution is 4.90. The summed E-state index contributed by atoms with van der Waals surface area (Å²) in [6, 6.07) is 0. The van der Waals surface area contributed by atoms with Crippen molar-refractivity contribution in [2.45, 2.75) is 58.3 Å². The van der Waals surface area contributed by atoms with Crippen LogP contribution in [-0.4, -0.2) is 13.1 Å². The minimum absolute atomic E-state index is 0.728. The molecule has 0 radical (unpaired) electrons. The van der Waals surface area contributed by atoms with Crippen LogP contribution in [0.1, 0.15) is 58.3 Å². The van der Waals surface area contributed by atoms with Gasteiger partial charge in [0.05, 0.1) is 0 Å². The van der Waals surface area contributed by atoms with Crippen LogP contribution in [0.3, 0.4) is 0 Å². The van der Waals surface area contributed by atoms with Gasteiger partial charge in [-0.3, -0.25) is 0 Å². The van der Waals surface area contributed by atoms with Crippen LogP contribution in [0.5, 0.6) is 0 Å². The minimum Gasteiger partial charge on any atom is -0.317 e. The Labute approximate surface area is 88.7 Å². The molecule has 0 unspecified atom stereocenters. The second-order valence-corrected chi connectivity index (χ2v) is 5.30. The van der Waals surface area contributed by atoms with Gasteiger partial charge in [-0.1, -0.05) is 32.6 Å². The summed E-state index contributed by atoms with van der Waals surface area (Å²) < 4.78 is 0. The Bertz CT molecular complexity index is 164. The lowest BCUT2D eigenvalue weighted by molar-refractivity contribution is 0.0704. The smallest absolute Gasteiger partial charge is 0.00435 e. The summed E-state index contributed by atoms with van der Waals surface area (Å²) in [6.07, 6.45) is 11.8. The van der Waals surface area contributed by atoms with E-state index in [9.17, 15) is 0 Å². The van der Waals surface area contributed by atoms with Gasteiger partial charge in [-0.15, -0.1) is 0 Å². The van der Waals surface area contributed by atoms with Gasteiger partial charge in [0.15, 0.2) is 0 Å². The van der Waals surface area contributed by atoms with Gasteiger partial charge < -0.3 is 5.32 Å². The quantitative estimate of drug-likeness (QED) is 0.712. The molecule has 0 aromatic carbocycles. The van der Waals surface area contributed by atoms with Crippen LogP contribution in [0.25, 0.3) is 0 Å². The Morgan fingerprint density at radius 2 is 1.71 bits per heavy atom. The van der Waals surface area contributed by atoms with Crippen LogP contribution in [0, 0.1) is 11.3 Å². The van der Waals surface area contributed by atoms with Crippen LogP contribution in [0.4, 0.5) is 0 Å². The Morgan fingerprint density at radius 3 is 2.29 bits per heavy atom. The van der Waals surface area contributed by atoms with E-state index < -0.39 is 0 Å². The Kier molecular flexibility index (Phi) is 3.48. The largest absolute Gasteiger partial charge is 0.317 e. The number of hydrogen-bond acceptors (Lipinski definition) is 1. The number of piperidine rings is 1. The molecule has 1 saturated heterocycles. The third-order valence-electron chi connectivity index (χ3n) is 4.77. The summed E-state index contributed by atoms with van der Waals surface area (Å²) in [5.41, 5.74) is 0.728. The summed E-state index contributed by atoms with van der Waals surface area (Å²) >= 11 is 0. The molecule has 1 saturated carbocycles. The van der Waals surface area contributed by atoms with Crippen LogP contribution in [-0.2, 0) is 0 Å². The van der Waals surface area contributed by atoms with Crippen molar-refractivity contribution in [3.05, 3.63) is 0 Å². The summed E-state index contributed by atoms with van der Waals surface area (Å²) in [7, 11) is 0. The molecule has 1 aliphatic carbocycles. The zero-order valence-corrected chi connectivity index (χ0v) is 9.65. The van der Waals surface area contributed by atoms with Crippen molar-refractivity contribution in [1.82, 2.24) is 5.32 Å². The lowest BCUT2D eigenvalue weighted by Crippen LogP contribution is -2.42. The maximum absolute atomic E-state index is 3.51. The average molecular weight is 195 g/mol. The highest BCUT2D eigenvalue weighted by atomic mass is 14.9. The maximum atomic E-state index is 3.51. The fourth-order valence-electron chi connectivity index (χ4n) is 3.69. The predicted octanol–water partition coefficient (Wildman–Crippen LogP) is 3.35. The van der Waals surface area contributed by atoms with E-state index in [1.165, 1.54) is 64.5 Å². The van der Waals surface area contributed by atoms with Gasteiger partial charge in [0.2, 0.25) is 0 Å². The molecular formula is C13H25N. The zero-order chi connectivity index (χ0) is 9.86. The van der Waals surface area contributed by atoms with E-state index in [1.807, 2.05) is 0 Å². The Hall–Kier alpha value is -0.0400. The molecule has 1 aliphatic heterocycles. The summed E-state index contributed by atoms with van der Waals surface area (Å²) in [6.45, 7) is 4.95. The van der Waals surface area contributed by atoms with Gasteiger partial charge in [0, 0.05) is 0 Å². The molecule has 2 aliphatic rings. The molecule has 2 rings (SSSR count). The van der Waals surface area contributed by atoms with E-state index in [1.54, 1.807) is 0 Å². The fourth-order valence-corrected chi connectivity index (χ4v) is 3.69. The van der Waals surface area contributed by atoms with Crippen molar-refractivity contribution < 1.29 is 0 Å². The Morgan fingerprint density at radius 1 is 1.07 bits per heavy atom. The van der Waals surface area contributed by atoms with Gasteiger partial charge in [0.25, 0.3) is 0 Å². The molecule has 82 valence electrons. The molecule has 0 aromatic heterocycles. The van der Waals surface area contributed by atoms with Crippen molar-refractivity contribution in [3.63, 3.8) is 0 Å². The molecule has 0 aromatic rings. The first-order valence-corrected chi connectivity index (χ1v) is 6.58. The van der Waals surface area contributed by atoms with Crippen LogP contribution >= 0.6 is 0 Å². The highest BCUT2D eigenvalue weighted by Gasteiger charge is 2.38. The lowest BCUT2D eigenvalue weighted by Gasteiger charge is -2.45. The molecule has 1 heterocycles. The molecule has 1 heteroatoms. The van der Waals surface area contributed by atoms with Gasteiger partial charge in [-0.2, -0.15) is 0 Å². The normalized spacial score (nSPS) is 28.9. The van der Waals surface area contributed by atoms with E-state index in [4.69, 9.17) is 0 Å². The highest BCUT2D eigenvalue weighted by Crippen LogP contribution is 2.46. The standard InChI is InChI=1S/C13H25N/c1-2-13(8-10-14-11-9-13)12-6-4-3-5-7-12/h12,14H,2-11H2,1H3. The van der Waals surface area contributed by atoms with Gasteiger partial charge in [-0.25, -0.2) is 0 Å². The zero-order valence-electron chi connectivity index (χ0n) is 9.65. The first-order valence-electron chi connectivity index (χ1n) is 6.58. The molecule has 0 spiro atoms. The van der Waals surface area contributed by atoms with Crippen molar-refractivity contribution in [1.29, 1.82) is 0 Å². The molecule has 1 nitrogen and oxygen atoms in total. The first kappa shape index (κ1) is 10.5. The fraction of sp³-hybridized carbons (Fsp3) is 1.00. The van der Waals surface area contributed by atoms with Crippen LogP contribution in [0.2, 0.25) is 0 Å². The van der Waals surface area contributed by atoms with E-state index in [2.05, 4.69) is 12.2 Å². The monoisotopic (exact) mass is 195 g/mol. The number of hydrogen-bond donors (Lipinski definition) is 1. The van der Waals surface area contributed by atoms with Crippen LogP contribution < -0.4 is 5.32 Å². The second kappa shape index (κ2) is 4.65. The van der Waals surface area contributed by atoms with Gasteiger partial charge in [-0.05, 0) is 50.1 Å². The molecule has 0 amide bonds. The van der Waals surface area contributed by atoms with Gasteiger partial charge >= 0.3 is 0 Å². The minimum atomic E-state index is 0.728. The molecular weight excluding hydrogens is 170 g/mol. The molecule has 0 atom stereocenters. The maximum Gasteiger partial charge on any atom is -0.00435 e. The molecule has 14 heavy (non-hydrogen) atoms. The van der Waals surface area contributed by atoms with E-state index >= 15 is 0 Å². The predicted molar refractivity (Wildman–Crippen MR) is 61.4 cm³/mol. The van der Waals surface area contributed by atoms with Crippen LogP contribution in [0.15, 0.2) is 0 Å². The molecule has 1 N–H and O–H groups in total. The summed E-state index contributed by atoms with van der Waals surface area (Å²) in [5, 5.41) is 3.51. The first-order chi connectivity index (χ1) is 6.87. The summed E-state index contributed by atoms with van der Waals surface area (Å²) in [4.78, 5) is 0. The number of nitrogens with one attached hydrogen (secondary N) is 1. The second-order valence-electron chi connectivity index (χ2n) is 5.30. The lowest BCUT2D eigenvalue weighted by atomic mass is 9.63. The van der Waals surface area contributed by atoms with E-state index in [0.717, 1.165) is 11.3 Å². The third-order valence-corrected chi connectivity index (χ3v) is 4.77. The number of rotatable bonds is 2. The van der Waals surface area contributed by atoms with Crippen molar-refractivity contribution >= 4 is 0 Å². The van der Waals surface area contributed by atoms with Crippen molar-refractivity contribution in [2.75, 3.05) is 13.1 Å². The average Bonchev–Trinajstić information content (AvgIpc) is 2.31. The van der Waals surface area contributed by atoms with E-state index in [0.29, 0.717) is 0 Å².